The molecule has 2 fully saturated rings. The molecule has 3 N–H and O–H groups in total. The normalized spacial score (nSPS) is 20.4. The molecular formula is C43H76N2O6. The van der Waals surface area contributed by atoms with Crippen molar-refractivity contribution in [3.05, 3.63) is 35.4 Å². The van der Waals surface area contributed by atoms with E-state index >= 15 is 0 Å². The number of rotatable bonds is 19. The summed E-state index contributed by atoms with van der Waals surface area (Å²) in [6.45, 7) is 18.3. The maximum Gasteiger partial charge on any atom is 0.335 e. The minimum absolute atomic E-state index is 0.0716. The fraction of sp³-hybridized carbons (Fsp3) is 0.814. The lowest BCUT2D eigenvalue weighted by molar-refractivity contribution is -0.259. The van der Waals surface area contributed by atoms with E-state index in [1.807, 2.05) is 67.5 Å². The van der Waals surface area contributed by atoms with Gasteiger partial charge in [-0.2, -0.15) is 10.1 Å². The highest BCUT2D eigenvalue weighted by atomic mass is 16.5. The van der Waals surface area contributed by atoms with Crippen molar-refractivity contribution in [3.8, 4) is 0 Å². The van der Waals surface area contributed by atoms with Gasteiger partial charge in [0.2, 0.25) is 0 Å². The number of carboxylic acid groups (broad SMARTS) is 1. The van der Waals surface area contributed by atoms with Crippen LogP contribution in [-0.4, -0.2) is 65.8 Å². The highest BCUT2D eigenvalue weighted by Gasteiger charge is 2.47. The highest BCUT2D eigenvalue weighted by molar-refractivity contribution is 5.89. The van der Waals surface area contributed by atoms with Gasteiger partial charge in [-0.15, -0.1) is 0 Å². The minimum atomic E-state index is -0.886. The van der Waals surface area contributed by atoms with Crippen molar-refractivity contribution in [1.82, 2.24) is 10.1 Å². The molecule has 8 nitrogen and oxygen atoms in total. The summed E-state index contributed by atoms with van der Waals surface area (Å²) in [6.07, 6.45) is 23.2. The third-order valence-electron chi connectivity index (χ3n) is 11.2. The third kappa shape index (κ3) is 15.1. The molecule has 0 aliphatic carbocycles. The van der Waals surface area contributed by atoms with Crippen molar-refractivity contribution in [3.63, 3.8) is 0 Å². The van der Waals surface area contributed by atoms with Crippen molar-refractivity contribution in [2.45, 2.75) is 225 Å². The molecule has 2 saturated heterocycles. The Kier molecular flexibility index (Phi) is 18.6. The second kappa shape index (κ2) is 21.0. The molecule has 1 aromatic carbocycles. The summed E-state index contributed by atoms with van der Waals surface area (Å²) in [6, 6.07) is 7.19. The number of hydrogen-bond acceptors (Lipinski definition) is 7. The monoisotopic (exact) mass is 717 g/mol. The maximum absolute atomic E-state index is 12.3. The SMILES string of the molecule is CC1(C)CC(c2ccccc2C(=O)O)CC(C)(C)N1O.CCCCCCCCCCCCCCCCCC(=O)OC1CC(C)(C)N(O)C(C)(C)C1. The first-order valence-corrected chi connectivity index (χ1v) is 20.3. The van der Waals surface area contributed by atoms with E-state index < -0.39 is 5.97 Å². The largest absolute Gasteiger partial charge is 0.478 e. The van der Waals surface area contributed by atoms with E-state index in [2.05, 4.69) is 6.92 Å². The van der Waals surface area contributed by atoms with E-state index in [1.54, 1.807) is 12.1 Å². The second-order valence-corrected chi connectivity index (χ2v) is 18.1. The van der Waals surface area contributed by atoms with Gasteiger partial charge in [0.05, 0.1) is 5.56 Å². The quantitative estimate of drug-likeness (QED) is 0.0958. The topological polar surface area (TPSA) is 111 Å². The number of piperidine rings is 2. The zero-order valence-corrected chi connectivity index (χ0v) is 34.1. The molecule has 51 heavy (non-hydrogen) atoms. The number of carboxylic acids is 1. The van der Waals surface area contributed by atoms with Crippen LogP contribution in [0.15, 0.2) is 24.3 Å². The first kappa shape index (κ1) is 45.2. The van der Waals surface area contributed by atoms with Crippen LogP contribution in [0.3, 0.4) is 0 Å². The summed E-state index contributed by atoms with van der Waals surface area (Å²) in [5.41, 5.74) is -0.261. The number of nitrogens with zero attached hydrogens (tertiary/aromatic N) is 2. The average molecular weight is 717 g/mol. The van der Waals surface area contributed by atoms with Crippen molar-refractivity contribution < 1.29 is 29.8 Å². The molecule has 2 heterocycles. The molecule has 294 valence electrons. The Bertz CT molecular complexity index is 1140. The molecular weight excluding hydrogens is 640 g/mol. The summed E-state index contributed by atoms with van der Waals surface area (Å²) in [4.78, 5) is 23.6. The number of hydrogen-bond donors (Lipinski definition) is 3. The number of aromatic carboxylic acids is 1. The van der Waals surface area contributed by atoms with Gasteiger partial charge in [0.1, 0.15) is 6.10 Å². The van der Waals surface area contributed by atoms with Gasteiger partial charge in [-0.1, -0.05) is 115 Å². The molecule has 0 amide bonds. The van der Waals surface area contributed by atoms with Crippen molar-refractivity contribution in [1.29, 1.82) is 0 Å². The van der Waals surface area contributed by atoms with E-state index in [-0.39, 0.29) is 40.1 Å². The van der Waals surface area contributed by atoms with E-state index in [1.165, 1.54) is 93.6 Å². The molecule has 1 aromatic rings. The van der Waals surface area contributed by atoms with Crippen LogP contribution in [0.1, 0.15) is 213 Å². The molecule has 0 aromatic heterocycles. The Morgan fingerprint density at radius 1 is 0.627 bits per heavy atom. The molecule has 0 radical (unpaired) electrons. The number of carbonyl (C=O) groups excluding carboxylic acids is 1. The number of esters is 1. The summed E-state index contributed by atoms with van der Waals surface area (Å²) >= 11 is 0. The van der Waals surface area contributed by atoms with Crippen LogP contribution in [0, 0.1) is 0 Å². The molecule has 0 spiro atoms. The predicted molar refractivity (Wildman–Crippen MR) is 208 cm³/mol. The Morgan fingerprint density at radius 2 is 1.00 bits per heavy atom. The Labute approximate surface area is 311 Å². The lowest BCUT2D eigenvalue weighted by atomic mass is 9.72. The summed E-state index contributed by atoms with van der Waals surface area (Å²) in [7, 11) is 0. The summed E-state index contributed by atoms with van der Waals surface area (Å²) in [5, 5.41) is 32.9. The molecule has 8 heteroatoms. The molecule has 0 bridgehead atoms. The Balaban J connectivity index is 0.000000386. The summed E-state index contributed by atoms with van der Waals surface area (Å²) in [5.74, 6) is -0.823. The number of hydroxylamine groups is 4. The van der Waals surface area contributed by atoms with Crippen LogP contribution in [-0.2, 0) is 9.53 Å². The van der Waals surface area contributed by atoms with Gasteiger partial charge in [0.25, 0.3) is 0 Å². The first-order valence-electron chi connectivity index (χ1n) is 20.3. The van der Waals surface area contributed by atoms with Crippen LogP contribution in [0.25, 0.3) is 0 Å². The van der Waals surface area contributed by atoms with Crippen LogP contribution in [0.4, 0.5) is 0 Å². The van der Waals surface area contributed by atoms with Crippen LogP contribution >= 0.6 is 0 Å². The van der Waals surface area contributed by atoms with Crippen molar-refractivity contribution in [2.75, 3.05) is 0 Å². The number of ether oxygens (including phenoxy) is 1. The lowest BCUT2D eigenvalue weighted by Crippen LogP contribution is -2.60. The van der Waals surface area contributed by atoms with E-state index in [0.29, 0.717) is 24.8 Å². The fourth-order valence-corrected chi connectivity index (χ4v) is 8.69. The number of carbonyl (C=O) groups is 2. The van der Waals surface area contributed by atoms with E-state index in [4.69, 9.17) is 4.74 Å². The molecule has 2 aliphatic rings. The molecule has 3 rings (SSSR count). The van der Waals surface area contributed by atoms with Crippen molar-refractivity contribution >= 4 is 11.9 Å². The van der Waals surface area contributed by atoms with Crippen LogP contribution in [0.5, 0.6) is 0 Å². The number of benzene rings is 1. The minimum Gasteiger partial charge on any atom is -0.478 e. The molecule has 0 unspecified atom stereocenters. The molecule has 2 aliphatic heterocycles. The van der Waals surface area contributed by atoms with Gasteiger partial charge in [-0.05, 0) is 92.2 Å². The number of unbranched alkanes of at least 4 members (excludes halogenated alkanes) is 14. The van der Waals surface area contributed by atoms with E-state index in [0.717, 1.165) is 31.2 Å². The second-order valence-electron chi connectivity index (χ2n) is 18.1. The van der Waals surface area contributed by atoms with Gasteiger partial charge in [0, 0.05) is 41.4 Å². The zero-order valence-electron chi connectivity index (χ0n) is 34.1. The Hall–Kier alpha value is -2.00. The van der Waals surface area contributed by atoms with Gasteiger partial charge in [-0.3, -0.25) is 4.79 Å². The zero-order chi connectivity index (χ0) is 38.3. The van der Waals surface area contributed by atoms with Gasteiger partial charge in [-0.25, -0.2) is 4.79 Å². The molecule has 0 atom stereocenters. The fourth-order valence-electron chi connectivity index (χ4n) is 8.69. The van der Waals surface area contributed by atoms with Crippen molar-refractivity contribution in [2.24, 2.45) is 0 Å². The first-order chi connectivity index (χ1) is 23.8. The highest BCUT2D eigenvalue weighted by Crippen LogP contribution is 2.45. The smallest absolute Gasteiger partial charge is 0.335 e. The van der Waals surface area contributed by atoms with Gasteiger partial charge < -0.3 is 20.3 Å². The van der Waals surface area contributed by atoms with Crippen LogP contribution in [0.2, 0.25) is 0 Å². The average Bonchev–Trinajstić information content (AvgIpc) is 3.04. The molecule has 0 saturated carbocycles. The van der Waals surface area contributed by atoms with Gasteiger partial charge >= 0.3 is 11.9 Å². The Morgan fingerprint density at radius 3 is 1.41 bits per heavy atom. The predicted octanol–water partition coefficient (Wildman–Crippen LogP) is 11.7. The third-order valence-corrected chi connectivity index (χ3v) is 11.2. The van der Waals surface area contributed by atoms with E-state index in [9.17, 15) is 25.1 Å². The van der Waals surface area contributed by atoms with Gasteiger partial charge in [0.15, 0.2) is 0 Å². The standard InChI is InChI=1S/C27H53NO3.C16H23NO3/c1-6-7-8-9-10-11-12-13-14-15-16-17-18-19-20-21-25(29)31-24-22-26(2,3)28(30)27(4,5)23-24;1-15(2)9-11(10-16(3,4)17(15)20)12-7-5-6-8-13(12)14(18)19/h24,30H,6-23H2,1-5H3;5-8,11,20H,9-10H2,1-4H3,(H,18,19). The van der Waals surface area contributed by atoms with Crippen LogP contribution < -0.4 is 0 Å². The summed E-state index contributed by atoms with van der Waals surface area (Å²) < 4.78 is 5.75. The lowest BCUT2D eigenvalue weighted by Gasteiger charge is -2.51. The maximum atomic E-state index is 12.3.